The number of nitriles is 1. The molecule has 0 spiro atoms. The predicted molar refractivity (Wildman–Crippen MR) is 68.2 cm³/mol. The van der Waals surface area contributed by atoms with E-state index in [2.05, 4.69) is 5.32 Å². The Morgan fingerprint density at radius 3 is 3.06 bits per heavy atom. The molecule has 1 aliphatic rings. The zero-order valence-electron chi connectivity index (χ0n) is 9.58. The Bertz CT molecular complexity index is 422. The summed E-state index contributed by atoms with van der Waals surface area (Å²) in [6.45, 7) is 2.69. The smallest absolute Gasteiger partial charge is 0.101 e. The molecule has 1 aromatic carbocycles. The summed E-state index contributed by atoms with van der Waals surface area (Å²) < 4.78 is 5.32. The van der Waals surface area contributed by atoms with E-state index in [0.717, 1.165) is 38.3 Å². The van der Waals surface area contributed by atoms with Crippen LogP contribution in [0.25, 0.3) is 0 Å². The van der Waals surface area contributed by atoms with Crippen molar-refractivity contribution in [1.82, 2.24) is 0 Å². The Morgan fingerprint density at radius 2 is 2.41 bits per heavy atom. The van der Waals surface area contributed by atoms with E-state index in [1.165, 1.54) is 0 Å². The highest BCUT2D eigenvalue weighted by atomic mass is 35.5. The number of anilines is 1. The lowest BCUT2D eigenvalue weighted by atomic mass is 10.1. The summed E-state index contributed by atoms with van der Waals surface area (Å²) in [6.07, 6.45) is 2.27. The van der Waals surface area contributed by atoms with E-state index in [4.69, 9.17) is 21.6 Å². The maximum atomic E-state index is 8.76. The lowest BCUT2D eigenvalue weighted by molar-refractivity contribution is 0.185. The van der Waals surface area contributed by atoms with Gasteiger partial charge in [0.05, 0.1) is 10.6 Å². The molecule has 1 fully saturated rings. The summed E-state index contributed by atoms with van der Waals surface area (Å²) in [7, 11) is 0. The fourth-order valence-corrected chi connectivity index (χ4v) is 2.17. The number of nitrogens with one attached hydrogen (secondary N) is 1. The second-order valence-corrected chi connectivity index (χ2v) is 4.66. The van der Waals surface area contributed by atoms with Crippen LogP contribution in [0.15, 0.2) is 18.2 Å². The molecule has 0 saturated carbocycles. The Kier molecular flexibility index (Phi) is 4.24. The van der Waals surface area contributed by atoms with Crippen molar-refractivity contribution in [2.24, 2.45) is 5.92 Å². The molecule has 0 radical (unpaired) electrons. The minimum absolute atomic E-state index is 0.502. The Labute approximate surface area is 106 Å². The zero-order valence-corrected chi connectivity index (χ0v) is 10.3. The van der Waals surface area contributed by atoms with E-state index in [1.54, 1.807) is 12.1 Å². The van der Waals surface area contributed by atoms with Crippen LogP contribution in [-0.4, -0.2) is 19.8 Å². The van der Waals surface area contributed by atoms with Gasteiger partial charge in [0.15, 0.2) is 0 Å². The first kappa shape index (κ1) is 12.2. The van der Waals surface area contributed by atoms with Crippen LogP contribution in [0.5, 0.6) is 0 Å². The summed E-state index contributed by atoms with van der Waals surface area (Å²) in [5.41, 5.74) is 1.48. The fraction of sp³-hybridized carbons (Fsp3) is 0.462. The zero-order chi connectivity index (χ0) is 12.1. The van der Waals surface area contributed by atoms with Gasteiger partial charge < -0.3 is 10.1 Å². The topological polar surface area (TPSA) is 45.0 Å². The number of hydrogen-bond acceptors (Lipinski definition) is 3. The highest BCUT2D eigenvalue weighted by molar-refractivity contribution is 6.32. The molecule has 0 aliphatic carbocycles. The normalized spacial score (nSPS) is 18.9. The van der Waals surface area contributed by atoms with E-state index >= 15 is 0 Å². The summed E-state index contributed by atoms with van der Waals surface area (Å²) in [6, 6.07) is 7.47. The van der Waals surface area contributed by atoms with Crippen LogP contribution in [0.3, 0.4) is 0 Å². The quantitative estimate of drug-likeness (QED) is 0.893. The van der Waals surface area contributed by atoms with Gasteiger partial charge >= 0.3 is 0 Å². The van der Waals surface area contributed by atoms with Crippen LogP contribution in [0.2, 0.25) is 5.02 Å². The minimum Gasteiger partial charge on any atom is -0.385 e. The van der Waals surface area contributed by atoms with Crippen LogP contribution in [0.4, 0.5) is 5.69 Å². The van der Waals surface area contributed by atoms with E-state index in [0.29, 0.717) is 16.5 Å². The van der Waals surface area contributed by atoms with Crippen LogP contribution < -0.4 is 5.32 Å². The SMILES string of the molecule is N#Cc1ccc(NCCC2CCOC2)cc1Cl. The van der Waals surface area contributed by atoms with Crippen molar-refractivity contribution in [3.05, 3.63) is 28.8 Å². The second kappa shape index (κ2) is 5.90. The monoisotopic (exact) mass is 250 g/mol. The van der Waals surface area contributed by atoms with Crippen molar-refractivity contribution in [3.8, 4) is 6.07 Å². The van der Waals surface area contributed by atoms with Gasteiger partial charge in [-0.2, -0.15) is 5.26 Å². The molecule has 2 rings (SSSR count). The van der Waals surface area contributed by atoms with E-state index in [9.17, 15) is 0 Å². The van der Waals surface area contributed by atoms with Crippen LogP contribution in [-0.2, 0) is 4.74 Å². The van der Waals surface area contributed by atoms with Crippen LogP contribution in [0, 0.1) is 17.2 Å². The van der Waals surface area contributed by atoms with Crippen LogP contribution in [0.1, 0.15) is 18.4 Å². The molecular formula is C13H15ClN2O. The molecule has 90 valence electrons. The summed E-state index contributed by atoms with van der Waals surface area (Å²) in [5.74, 6) is 0.677. The average molecular weight is 251 g/mol. The number of halogens is 1. The molecule has 1 heterocycles. The molecule has 1 atom stereocenters. The first-order valence-electron chi connectivity index (χ1n) is 5.81. The van der Waals surface area contributed by atoms with Gasteiger partial charge in [0, 0.05) is 25.4 Å². The molecule has 1 aliphatic heterocycles. The van der Waals surface area contributed by atoms with E-state index in [1.807, 2.05) is 12.1 Å². The first-order chi connectivity index (χ1) is 8.29. The average Bonchev–Trinajstić information content (AvgIpc) is 2.82. The molecule has 0 aromatic heterocycles. The van der Waals surface area contributed by atoms with Crippen molar-refractivity contribution in [2.45, 2.75) is 12.8 Å². The molecule has 1 aromatic rings. The highest BCUT2D eigenvalue weighted by Gasteiger charge is 2.14. The molecule has 0 bridgehead atoms. The van der Waals surface area contributed by atoms with Crippen LogP contribution >= 0.6 is 11.6 Å². The third kappa shape index (κ3) is 3.36. The molecule has 1 unspecified atom stereocenters. The minimum atomic E-state index is 0.502. The molecule has 4 heteroatoms. The fourth-order valence-electron chi connectivity index (χ4n) is 1.95. The maximum Gasteiger partial charge on any atom is 0.101 e. The van der Waals surface area contributed by atoms with E-state index in [-0.39, 0.29) is 0 Å². The van der Waals surface area contributed by atoms with Gasteiger partial charge in [-0.3, -0.25) is 0 Å². The van der Waals surface area contributed by atoms with Gasteiger partial charge in [0.25, 0.3) is 0 Å². The molecule has 3 nitrogen and oxygen atoms in total. The van der Waals surface area contributed by atoms with Crippen molar-refractivity contribution in [2.75, 3.05) is 25.1 Å². The first-order valence-corrected chi connectivity index (χ1v) is 6.18. The highest BCUT2D eigenvalue weighted by Crippen LogP contribution is 2.21. The third-order valence-corrected chi connectivity index (χ3v) is 3.31. The van der Waals surface area contributed by atoms with Gasteiger partial charge in [-0.15, -0.1) is 0 Å². The molecule has 0 amide bonds. The number of ether oxygens (including phenoxy) is 1. The standard InChI is InChI=1S/C13H15ClN2O/c14-13-7-12(2-1-11(13)8-15)16-5-3-10-4-6-17-9-10/h1-2,7,10,16H,3-6,9H2. The third-order valence-electron chi connectivity index (χ3n) is 3.00. The van der Waals surface area contributed by atoms with Gasteiger partial charge in [0.2, 0.25) is 0 Å². The van der Waals surface area contributed by atoms with Gasteiger partial charge in [-0.25, -0.2) is 0 Å². The Morgan fingerprint density at radius 1 is 1.53 bits per heavy atom. The van der Waals surface area contributed by atoms with E-state index < -0.39 is 0 Å². The predicted octanol–water partition coefficient (Wildman–Crippen LogP) is 3.05. The molecule has 1 saturated heterocycles. The number of hydrogen-bond donors (Lipinski definition) is 1. The lowest BCUT2D eigenvalue weighted by Gasteiger charge is -2.10. The second-order valence-electron chi connectivity index (χ2n) is 4.25. The molecular weight excluding hydrogens is 236 g/mol. The number of rotatable bonds is 4. The maximum absolute atomic E-state index is 8.76. The number of benzene rings is 1. The lowest BCUT2D eigenvalue weighted by Crippen LogP contribution is -2.08. The van der Waals surface area contributed by atoms with Crippen molar-refractivity contribution >= 4 is 17.3 Å². The van der Waals surface area contributed by atoms with Crippen molar-refractivity contribution in [3.63, 3.8) is 0 Å². The Hall–Kier alpha value is -1.24. The summed E-state index contributed by atoms with van der Waals surface area (Å²) in [4.78, 5) is 0. The largest absolute Gasteiger partial charge is 0.385 e. The summed E-state index contributed by atoms with van der Waals surface area (Å²) >= 11 is 5.95. The number of nitrogens with zero attached hydrogens (tertiary/aromatic N) is 1. The summed E-state index contributed by atoms with van der Waals surface area (Å²) in [5, 5.41) is 12.6. The molecule has 17 heavy (non-hydrogen) atoms. The Balaban J connectivity index is 1.82. The van der Waals surface area contributed by atoms with Gasteiger partial charge in [-0.05, 0) is 37.0 Å². The van der Waals surface area contributed by atoms with Gasteiger partial charge in [0.1, 0.15) is 6.07 Å². The van der Waals surface area contributed by atoms with Crippen molar-refractivity contribution < 1.29 is 4.74 Å². The van der Waals surface area contributed by atoms with Crippen molar-refractivity contribution in [1.29, 1.82) is 5.26 Å². The molecule has 1 N–H and O–H groups in total. The van der Waals surface area contributed by atoms with Gasteiger partial charge in [-0.1, -0.05) is 11.6 Å².